The van der Waals surface area contributed by atoms with E-state index < -0.39 is 0 Å². The van der Waals surface area contributed by atoms with Crippen molar-refractivity contribution in [2.75, 3.05) is 24.6 Å². The monoisotopic (exact) mass is 403 g/mol. The summed E-state index contributed by atoms with van der Waals surface area (Å²) in [5.74, 6) is 0.957. The quantitative estimate of drug-likeness (QED) is 0.589. The van der Waals surface area contributed by atoms with Crippen molar-refractivity contribution in [1.29, 1.82) is 0 Å². The Morgan fingerprint density at radius 1 is 0.967 bits per heavy atom. The number of amides is 3. The highest BCUT2D eigenvalue weighted by molar-refractivity contribution is 5.95. The van der Waals surface area contributed by atoms with Crippen LogP contribution in [0.25, 0.3) is 10.8 Å². The number of carbonyl (C=O) groups excluding carboxylic acids is 2. The second-order valence-corrected chi connectivity index (χ2v) is 7.28. The van der Waals surface area contributed by atoms with Crippen LogP contribution in [0.2, 0.25) is 0 Å². The lowest BCUT2D eigenvalue weighted by Gasteiger charge is -2.16. The molecule has 6 nitrogen and oxygen atoms in total. The maximum atomic E-state index is 12.0. The molecule has 1 aliphatic heterocycles. The fraction of sp³-hybridized carbons (Fsp3) is 0.250. The second kappa shape index (κ2) is 9.31. The van der Waals surface area contributed by atoms with E-state index in [9.17, 15) is 9.59 Å². The van der Waals surface area contributed by atoms with Gasteiger partial charge in [-0.15, -0.1) is 0 Å². The lowest BCUT2D eigenvalue weighted by atomic mass is 10.1. The molecular formula is C24H25N3O3. The number of urea groups is 1. The highest BCUT2D eigenvalue weighted by atomic mass is 16.5. The van der Waals surface area contributed by atoms with E-state index in [2.05, 4.69) is 16.7 Å². The zero-order valence-corrected chi connectivity index (χ0v) is 16.8. The fourth-order valence-corrected chi connectivity index (χ4v) is 3.55. The lowest BCUT2D eigenvalue weighted by Crippen LogP contribution is -2.37. The molecule has 4 rings (SSSR count). The van der Waals surface area contributed by atoms with E-state index in [1.54, 1.807) is 4.90 Å². The molecule has 0 atom stereocenters. The molecule has 3 amide bonds. The van der Waals surface area contributed by atoms with E-state index in [0.29, 0.717) is 26.1 Å². The molecule has 6 heteroatoms. The Kier molecular flexibility index (Phi) is 6.13. The van der Waals surface area contributed by atoms with Crippen LogP contribution in [0.5, 0.6) is 5.75 Å². The van der Waals surface area contributed by atoms with Gasteiger partial charge in [0.05, 0.1) is 6.54 Å². The maximum absolute atomic E-state index is 12.0. The van der Waals surface area contributed by atoms with Gasteiger partial charge in [-0.05, 0) is 47.0 Å². The summed E-state index contributed by atoms with van der Waals surface area (Å²) in [5.41, 5.74) is 1.89. The first-order valence-electron chi connectivity index (χ1n) is 10.2. The minimum atomic E-state index is -0.240. The van der Waals surface area contributed by atoms with E-state index in [1.807, 2.05) is 60.7 Å². The summed E-state index contributed by atoms with van der Waals surface area (Å²) >= 11 is 0. The highest BCUT2D eigenvalue weighted by Gasteiger charge is 2.21. The van der Waals surface area contributed by atoms with Gasteiger partial charge < -0.3 is 20.3 Å². The molecule has 1 saturated heterocycles. The van der Waals surface area contributed by atoms with E-state index in [0.717, 1.165) is 35.4 Å². The van der Waals surface area contributed by atoms with Crippen LogP contribution in [0.3, 0.4) is 0 Å². The lowest BCUT2D eigenvalue weighted by molar-refractivity contribution is -0.117. The zero-order chi connectivity index (χ0) is 20.8. The summed E-state index contributed by atoms with van der Waals surface area (Å²) in [6.07, 6.45) is 1.53. The van der Waals surface area contributed by atoms with Gasteiger partial charge in [0.25, 0.3) is 0 Å². The van der Waals surface area contributed by atoms with Gasteiger partial charge in [-0.25, -0.2) is 4.79 Å². The molecule has 0 aliphatic carbocycles. The van der Waals surface area contributed by atoms with E-state index >= 15 is 0 Å². The molecule has 0 aromatic heterocycles. The van der Waals surface area contributed by atoms with Crippen molar-refractivity contribution in [3.63, 3.8) is 0 Å². The van der Waals surface area contributed by atoms with Crippen LogP contribution in [0, 0.1) is 0 Å². The molecule has 1 aliphatic rings. The number of hydrogen-bond donors (Lipinski definition) is 2. The van der Waals surface area contributed by atoms with Crippen molar-refractivity contribution in [1.82, 2.24) is 10.6 Å². The van der Waals surface area contributed by atoms with Crippen molar-refractivity contribution >= 4 is 28.4 Å². The third-order valence-electron chi connectivity index (χ3n) is 5.15. The van der Waals surface area contributed by atoms with Crippen molar-refractivity contribution in [3.05, 3.63) is 72.3 Å². The van der Waals surface area contributed by atoms with Crippen LogP contribution < -0.4 is 20.3 Å². The van der Waals surface area contributed by atoms with Crippen molar-refractivity contribution < 1.29 is 14.3 Å². The fourth-order valence-electron chi connectivity index (χ4n) is 3.55. The number of ether oxygens (including phenoxy) is 1. The minimum Gasteiger partial charge on any atom is -0.492 e. The average Bonchev–Trinajstić information content (AvgIpc) is 3.21. The first-order valence-corrected chi connectivity index (χ1v) is 10.2. The molecule has 0 saturated carbocycles. The summed E-state index contributed by atoms with van der Waals surface area (Å²) in [6, 6.07) is 21.5. The molecule has 0 radical (unpaired) electrons. The molecular weight excluding hydrogens is 378 g/mol. The molecule has 0 bridgehead atoms. The van der Waals surface area contributed by atoms with Gasteiger partial charge in [-0.2, -0.15) is 0 Å². The average molecular weight is 403 g/mol. The van der Waals surface area contributed by atoms with Crippen molar-refractivity contribution in [2.45, 2.75) is 19.4 Å². The Balaban J connectivity index is 1.17. The predicted molar refractivity (Wildman–Crippen MR) is 118 cm³/mol. The highest BCUT2D eigenvalue weighted by Crippen LogP contribution is 2.22. The number of rotatable bonds is 7. The molecule has 2 N–H and O–H groups in total. The number of carbonyl (C=O) groups is 2. The first-order chi connectivity index (χ1) is 14.7. The number of benzene rings is 3. The summed E-state index contributed by atoms with van der Waals surface area (Å²) in [4.78, 5) is 25.6. The molecule has 1 fully saturated rings. The molecule has 3 aromatic rings. The van der Waals surface area contributed by atoms with Gasteiger partial charge in [0.1, 0.15) is 12.4 Å². The molecule has 0 spiro atoms. The minimum absolute atomic E-state index is 0.172. The van der Waals surface area contributed by atoms with Crippen LogP contribution in [0.1, 0.15) is 18.4 Å². The molecule has 1 heterocycles. The number of anilines is 1. The largest absolute Gasteiger partial charge is 0.492 e. The summed E-state index contributed by atoms with van der Waals surface area (Å²) < 4.78 is 5.72. The first kappa shape index (κ1) is 19.8. The van der Waals surface area contributed by atoms with E-state index in [-0.39, 0.29) is 11.9 Å². The topological polar surface area (TPSA) is 70.7 Å². The standard InChI is InChI=1S/C24H25N3O3/c28-23-6-3-14-27(23)21-10-7-18(8-11-21)17-26-24(29)25-13-15-30-22-12-9-19-4-1-2-5-20(19)16-22/h1-2,4-5,7-12,16H,3,6,13-15,17H2,(H2,25,26,29). The maximum Gasteiger partial charge on any atom is 0.315 e. The van der Waals surface area contributed by atoms with Crippen LogP contribution in [-0.2, 0) is 11.3 Å². The predicted octanol–water partition coefficient (Wildman–Crippen LogP) is 3.84. The summed E-state index contributed by atoms with van der Waals surface area (Å²) in [7, 11) is 0. The van der Waals surface area contributed by atoms with Gasteiger partial charge in [0, 0.05) is 25.2 Å². The van der Waals surface area contributed by atoms with Gasteiger partial charge >= 0.3 is 6.03 Å². The van der Waals surface area contributed by atoms with Crippen molar-refractivity contribution in [3.8, 4) is 5.75 Å². The van der Waals surface area contributed by atoms with E-state index in [4.69, 9.17) is 4.74 Å². The van der Waals surface area contributed by atoms with Gasteiger partial charge in [-0.1, -0.05) is 42.5 Å². The van der Waals surface area contributed by atoms with Crippen LogP contribution in [0.15, 0.2) is 66.7 Å². The number of hydrogen-bond acceptors (Lipinski definition) is 3. The smallest absolute Gasteiger partial charge is 0.315 e. The third-order valence-corrected chi connectivity index (χ3v) is 5.15. The zero-order valence-electron chi connectivity index (χ0n) is 16.8. The Bertz CT molecular complexity index is 1030. The van der Waals surface area contributed by atoms with Gasteiger partial charge in [-0.3, -0.25) is 4.79 Å². The number of fused-ring (bicyclic) bond motifs is 1. The Morgan fingerprint density at radius 2 is 1.77 bits per heavy atom. The van der Waals surface area contributed by atoms with Crippen LogP contribution >= 0.6 is 0 Å². The van der Waals surface area contributed by atoms with E-state index in [1.165, 1.54) is 5.39 Å². The Morgan fingerprint density at radius 3 is 2.53 bits per heavy atom. The molecule has 154 valence electrons. The Hall–Kier alpha value is -3.54. The SMILES string of the molecule is O=C(NCCOc1ccc2ccccc2c1)NCc1ccc(N2CCCC2=O)cc1. The molecule has 3 aromatic carbocycles. The summed E-state index contributed by atoms with van der Waals surface area (Å²) in [6.45, 7) is 2.00. The normalized spacial score (nSPS) is 13.5. The number of nitrogens with zero attached hydrogens (tertiary/aromatic N) is 1. The van der Waals surface area contributed by atoms with Crippen molar-refractivity contribution in [2.24, 2.45) is 0 Å². The second-order valence-electron chi connectivity index (χ2n) is 7.28. The third kappa shape index (κ3) is 4.89. The Labute approximate surface area is 175 Å². The molecule has 0 unspecified atom stereocenters. The van der Waals surface area contributed by atoms with Gasteiger partial charge in [0.15, 0.2) is 0 Å². The van der Waals surface area contributed by atoms with Crippen LogP contribution in [-0.4, -0.2) is 31.6 Å². The van der Waals surface area contributed by atoms with Gasteiger partial charge in [0.2, 0.25) is 5.91 Å². The molecule has 30 heavy (non-hydrogen) atoms. The van der Waals surface area contributed by atoms with Crippen LogP contribution in [0.4, 0.5) is 10.5 Å². The number of nitrogens with one attached hydrogen (secondary N) is 2. The summed E-state index contributed by atoms with van der Waals surface area (Å²) in [5, 5.41) is 7.92.